The molecule has 0 aliphatic carbocycles. The third-order valence-corrected chi connectivity index (χ3v) is 6.66. The van der Waals surface area contributed by atoms with Crippen LogP contribution in [0.25, 0.3) is 26.9 Å². The Labute approximate surface area is 169 Å². The Bertz CT molecular complexity index is 1290. The molecule has 138 valence electrons. The highest BCUT2D eigenvalue weighted by molar-refractivity contribution is 7.11. The number of nitriles is 1. The molecule has 28 heavy (non-hydrogen) atoms. The first-order valence-electron chi connectivity index (χ1n) is 8.47. The molecule has 0 saturated heterocycles. The third-order valence-electron chi connectivity index (χ3n) is 5.09. The van der Waals surface area contributed by atoms with Crippen molar-refractivity contribution in [2.45, 2.75) is 13.8 Å². The highest BCUT2D eigenvalue weighted by Crippen LogP contribution is 2.24. The summed E-state index contributed by atoms with van der Waals surface area (Å²) in [6, 6.07) is 2.35. The van der Waals surface area contributed by atoms with Crippen LogP contribution in [0.2, 0.25) is 0 Å². The van der Waals surface area contributed by atoms with Crippen molar-refractivity contribution >= 4 is 44.7 Å². The lowest BCUT2D eigenvalue weighted by molar-refractivity contribution is 0.826. The lowest BCUT2D eigenvalue weighted by Gasteiger charge is -2.04. The second-order valence-corrected chi connectivity index (χ2v) is 8.15. The number of fused-ring (bicyclic) bond motifs is 1. The zero-order valence-electron chi connectivity index (χ0n) is 15.8. The van der Waals surface area contributed by atoms with E-state index in [0.717, 1.165) is 32.9 Å². The summed E-state index contributed by atoms with van der Waals surface area (Å²) in [5, 5.41) is 18.7. The van der Waals surface area contributed by atoms with Crippen LogP contribution in [0.3, 0.4) is 0 Å². The van der Waals surface area contributed by atoms with Crippen molar-refractivity contribution in [3.63, 3.8) is 0 Å². The van der Waals surface area contributed by atoms with Gasteiger partial charge in [0.15, 0.2) is 0 Å². The Kier molecular flexibility index (Phi) is 4.38. The molecule has 0 aliphatic heterocycles. The minimum Gasteiger partial charge on any atom is -0.356 e. The number of hydrogen-bond acceptors (Lipinski definition) is 5. The Morgan fingerprint density at radius 1 is 1.00 bits per heavy atom. The summed E-state index contributed by atoms with van der Waals surface area (Å²) in [5.74, 6) is 0. The van der Waals surface area contributed by atoms with Crippen molar-refractivity contribution in [3.05, 3.63) is 66.7 Å². The van der Waals surface area contributed by atoms with E-state index >= 15 is 0 Å². The van der Waals surface area contributed by atoms with Crippen molar-refractivity contribution in [1.82, 2.24) is 19.1 Å². The zero-order chi connectivity index (χ0) is 20.0. The fraction of sp³-hybridized carbons (Fsp3) is 0.200. The molecule has 0 unspecified atom stereocenters. The Morgan fingerprint density at radius 3 is 2.04 bits per heavy atom. The van der Waals surface area contributed by atoms with Gasteiger partial charge in [-0.15, -0.1) is 22.7 Å². The molecule has 4 rings (SSSR count). The van der Waals surface area contributed by atoms with E-state index in [1.807, 2.05) is 47.8 Å². The Balaban J connectivity index is 2.33. The maximum atomic E-state index is 9.91. The molecule has 0 N–H and O–H groups in total. The van der Waals surface area contributed by atoms with E-state index in [2.05, 4.69) is 20.9 Å². The third kappa shape index (κ3) is 2.43. The molecule has 0 atom stereocenters. The van der Waals surface area contributed by atoms with Gasteiger partial charge in [-0.1, -0.05) is 0 Å². The van der Waals surface area contributed by atoms with E-state index < -0.39 is 0 Å². The lowest BCUT2D eigenvalue weighted by Crippen LogP contribution is -2.21. The van der Waals surface area contributed by atoms with Crippen molar-refractivity contribution in [3.8, 4) is 6.07 Å². The van der Waals surface area contributed by atoms with E-state index in [0.29, 0.717) is 21.3 Å². The zero-order valence-corrected chi connectivity index (χ0v) is 17.4. The van der Waals surface area contributed by atoms with Crippen molar-refractivity contribution in [1.29, 1.82) is 5.26 Å². The molecule has 0 fully saturated rings. The lowest BCUT2D eigenvalue weighted by atomic mass is 10.1. The molecule has 0 saturated carbocycles. The predicted molar refractivity (Wildman–Crippen MR) is 112 cm³/mol. The molecule has 8 heteroatoms. The monoisotopic (exact) mass is 404 g/mol. The van der Waals surface area contributed by atoms with E-state index in [4.69, 9.17) is 6.57 Å². The summed E-state index contributed by atoms with van der Waals surface area (Å²) in [5.41, 5.74) is 3.09. The maximum Gasteiger partial charge on any atom is 0.245 e. The number of nitrogens with zero attached hydrogens (tertiary/aromatic N) is 6. The van der Waals surface area contributed by atoms with Crippen LogP contribution in [-0.2, 0) is 14.1 Å². The molecule has 0 spiro atoms. The first-order valence-corrected chi connectivity index (χ1v) is 10.2. The molecule has 4 aromatic rings. The molecule has 0 aliphatic rings. The van der Waals surface area contributed by atoms with Crippen LogP contribution in [0.15, 0.2) is 23.2 Å². The summed E-state index contributed by atoms with van der Waals surface area (Å²) >= 11 is 2.90. The summed E-state index contributed by atoms with van der Waals surface area (Å²) < 4.78 is 4.07. The molecule has 6 nitrogen and oxygen atoms in total. The Hall–Kier alpha value is -3.20. The van der Waals surface area contributed by atoms with E-state index in [1.54, 1.807) is 12.4 Å². The SMILES string of the molecule is [C-]#[N+]/C(c1nccs1)=c1\c2c(C)n(C)/c(=C(/C#N)c3nccs3)c2c(C)n1C. The number of rotatable bonds is 2. The largest absolute Gasteiger partial charge is 0.356 e. The van der Waals surface area contributed by atoms with Gasteiger partial charge in [0.1, 0.15) is 21.7 Å². The number of thiazole rings is 2. The molecule has 4 aromatic heterocycles. The van der Waals surface area contributed by atoms with Gasteiger partial charge in [-0.25, -0.2) is 9.83 Å². The van der Waals surface area contributed by atoms with Crippen molar-refractivity contribution < 1.29 is 0 Å². The quantitative estimate of drug-likeness (QED) is 0.483. The van der Waals surface area contributed by atoms with Gasteiger partial charge in [0.05, 0.1) is 17.3 Å². The maximum absolute atomic E-state index is 9.91. The van der Waals surface area contributed by atoms with E-state index in [1.165, 1.54) is 22.7 Å². The fourth-order valence-electron chi connectivity index (χ4n) is 3.61. The van der Waals surface area contributed by atoms with Crippen LogP contribution in [0.1, 0.15) is 21.4 Å². The number of aryl methyl sites for hydroxylation is 2. The summed E-state index contributed by atoms with van der Waals surface area (Å²) in [6.45, 7) is 11.8. The average Bonchev–Trinajstić information content (AvgIpc) is 3.47. The first-order chi connectivity index (χ1) is 13.5. The van der Waals surface area contributed by atoms with Crippen LogP contribution in [0.5, 0.6) is 0 Å². The number of aromatic nitrogens is 4. The Morgan fingerprint density at radius 2 is 1.54 bits per heavy atom. The highest BCUT2D eigenvalue weighted by Gasteiger charge is 2.22. The van der Waals surface area contributed by atoms with Crippen LogP contribution in [0, 0.1) is 31.8 Å². The van der Waals surface area contributed by atoms with Gasteiger partial charge in [0.2, 0.25) is 5.70 Å². The second-order valence-electron chi connectivity index (χ2n) is 6.36. The van der Waals surface area contributed by atoms with Gasteiger partial charge in [0.25, 0.3) is 0 Å². The van der Waals surface area contributed by atoms with Crippen LogP contribution < -0.4 is 10.7 Å². The number of hydrogen-bond donors (Lipinski definition) is 0. The molecule has 0 amide bonds. The van der Waals surface area contributed by atoms with E-state index in [9.17, 15) is 5.26 Å². The molecular weight excluding hydrogens is 388 g/mol. The topological polar surface area (TPSA) is 63.8 Å². The van der Waals surface area contributed by atoms with Crippen LogP contribution >= 0.6 is 22.7 Å². The van der Waals surface area contributed by atoms with Gasteiger partial charge in [-0.3, -0.25) is 4.98 Å². The average molecular weight is 405 g/mol. The highest BCUT2D eigenvalue weighted by atomic mass is 32.1. The first kappa shape index (κ1) is 18.2. The van der Waals surface area contributed by atoms with Gasteiger partial charge < -0.3 is 9.13 Å². The standard InChI is InChI=1S/C20H16N6S2/c1-11-14-15(18(26(11)5)16(22-3)20-24-7-9-28-20)12(2)25(4)17(14)13(10-21)19-23-6-8-27-19/h6-9H,1-2,4-5H3/b17-13-,18-16+. The van der Waals surface area contributed by atoms with Gasteiger partial charge >= 0.3 is 0 Å². The molecule has 0 radical (unpaired) electrons. The van der Waals surface area contributed by atoms with E-state index in [-0.39, 0.29) is 0 Å². The van der Waals surface area contributed by atoms with Crippen molar-refractivity contribution in [2.24, 2.45) is 14.1 Å². The summed E-state index contributed by atoms with van der Waals surface area (Å²) in [4.78, 5) is 12.5. The van der Waals surface area contributed by atoms with Crippen LogP contribution in [-0.4, -0.2) is 19.1 Å². The summed E-state index contributed by atoms with van der Waals surface area (Å²) in [7, 11) is 3.92. The van der Waals surface area contributed by atoms with Gasteiger partial charge in [-0.05, 0) is 13.8 Å². The predicted octanol–water partition coefficient (Wildman–Crippen LogP) is 2.85. The molecule has 0 bridgehead atoms. The van der Waals surface area contributed by atoms with Crippen LogP contribution in [0.4, 0.5) is 0 Å². The van der Waals surface area contributed by atoms with Crippen molar-refractivity contribution in [2.75, 3.05) is 0 Å². The van der Waals surface area contributed by atoms with Gasteiger partial charge in [-0.2, -0.15) is 5.26 Å². The summed E-state index contributed by atoms with van der Waals surface area (Å²) in [6.07, 6.45) is 3.42. The normalized spacial score (nSPS) is 13.4. The minimum atomic E-state index is 0.531. The molecule has 0 aromatic carbocycles. The smallest absolute Gasteiger partial charge is 0.245 e. The van der Waals surface area contributed by atoms with Gasteiger partial charge in [0, 0.05) is 59.4 Å². The second kappa shape index (κ2) is 6.75. The minimum absolute atomic E-state index is 0.531. The fourth-order valence-corrected chi connectivity index (χ4v) is 4.87. The molecular formula is C20H16N6S2. The molecule has 4 heterocycles.